The lowest BCUT2D eigenvalue weighted by Crippen LogP contribution is -1.78. The van der Waals surface area contributed by atoms with Crippen LogP contribution in [0.4, 0.5) is 0 Å². The highest BCUT2D eigenvalue weighted by Crippen LogP contribution is 2.26. The largest absolute Gasteiger partial charge is 0.416 e. The molecule has 0 aliphatic rings. The third-order valence-corrected chi connectivity index (χ3v) is 3.44. The number of hydrogen-bond acceptors (Lipinski definition) is 4. The van der Waals surface area contributed by atoms with Gasteiger partial charge in [0.25, 0.3) is 0 Å². The Balaban J connectivity index is 1.74. The van der Waals surface area contributed by atoms with Gasteiger partial charge in [-0.05, 0) is 42.5 Å². The number of benzene rings is 2. The molecular weight excluding hydrogens is 288 g/mol. The first-order valence-corrected chi connectivity index (χ1v) is 6.70. The number of H-pyrrole nitrogens is 1. The molecule has 4 rings (SSSR count). The van der Waals surface area contributed by atoms with Crippen molar-refractivity contribution in [1.29, 1.82) is 0 Å². The molecule has 6 heteroatoms. The fourth-order valence-electron chi connectivity index (χ4n) is 2.12. The Bertz CT molecular complexity index is 911. The van der Waals surface area contributed by atoms with E-state index in [1.54, 1.807) is 18.5 Å². The Morgan fingerprint density at radius 3 is 2.43 bits per heavy atom. The second kappa shape index (κ2) is 4.71. The number of aromatic amines is 1. The SMILES string of the molecule is Clc1ccc(-c2nnc(-c3ccc4nc[nH]c4c3)o2)cc1. The first-order chi connectivity index (χ1) is 10.3. The molecule has 0 bridgehead atoms. The first-order valence-electron chi connectivity index (χ1n) is 6.32. The minimum atomic E-state index is 0.464. The van der Waals surface area contributed by atoms with E-state index in [4.69, 9.17) is 16.0 Å². The van der Waals surface area contributed by atoms with Gasteiger partial charge < -0.3 is 9.40 Å². The van der Waals surface area contributed by atoms with Crippen molar-refractivity contribution in [2.75, 3.05) is 0 Å². The minimum Gasteiger partial charge on any atom is -0.416 e. The Kier molecular flexibility index (Phi) is 2.72. The summed E-state index contributed by atoms with van der Waals surface area (Å²) in [5.74, 6) is 0.933. The molecule has 4 aromatic rings. The van der Waals surface area contributed by atoms with Crippen molar-refractivity contribution < 1.29 is 4.42 Å². The lowest BCUT2D eigenvalue weighted by Gasteiger charge is -1.96. The molecule has 0 spiro atoms. The monoisotopic (exact) mass is 296 g/mol. The highest BCUT2D eigenvalue weighted by atomic mass is 35.5. The summed E-state index contributed by atoms with van der Waals surface area (Å²) in [6.07, 6.45) is 1.65. The average molecular weight is 297 g/mol. The molecule has 2 heterocycles. The van der Waals surface area contributed by atoms with Gasteiger partial charge in [0.1, 0.15) is 0 Å². The van der Waals surface area contributed by atoms with Crippen LogP contribution in [0.25, 0.3) is 33.9 Å². The zero-order chi connectivity index (χ0) is 14.2. The standard InChI is InChI=1S/C15H9ClN4O/c16-11-4-1-9(2-5-11)14-19-20-15(21-14)10-3-6-12-13(7-10)18-8-17-12/h1-8H,(H,17,18). The summed E-state index contributed by atoms with van der Waals surface area (Å²) in [7, 11) is 0. The van der Waals surface area contributed by atoms with Crippen LogP contribution >= 0.6 is 11.6 Å². The van der Waals surface area contributed by atoms with E-state index in [-0.39, 0.29) is 0 Å². The predicted octanol–water partition coefficient (Wildman–Crippen LogP) is 3.93. The molecule has 0 aliphatic heterocycles. The zero-order valence-corrected chi connectivity index (χ0v) is 11.5. The lowest BCUT2D eigenvalue weighted by atomic mass is 10.2. The molecular formula is C15H9ClN4O. The van der Waals surface area contributed by atoms with Crippen molar-refractivity contribution in [3.8, 4) is 22.9 Å². The fraction of sp³-hybridized carbons (Fsp3) is 0. The van der Waals surface area contributed by atoms with Gasteiger partial charge in [0, 0.05) is 16.1 Å². The van der Waals surface area contributed by atoms with Crippen molar-refractivity contribution in [2.45, 2.75) is 0 Å². The van der Waals surface area contributed by atoms with Gasteiger partial charge in [-0.3, -0.25) is 0 Å². The smallest absolute Gasteiger partial charge is 0.248 e. The summed E-state index contributed by atoms with van der Waals surface area (Å²) in [5, 5.41) is 8.84. The maximum atomic E-state index is 5.87. The summed E-state index contributed by atoms with van der Waals surface area (Å²) in [6, 6.07) is 13.0. The summed E-state index contributed by atoms with van der Waals surface area (Å²) < 4.78 is 5.72. The van der Waals surface area contributed by atoms with E-state index in [0.29, 0.717) is 16.8 Å². The number of imidazole rings is 1. The van der Waals surface area contributed by atoms with Crippen molar-refractivity contribution in [1.82, 2.24) is 20.2 Å². The van der Waals surface area contributed by atoms with Crippen molar-refractivity contribution >= 4 is 22.6 Å². The predicted molar refractivity (Wildman–Crippen MR) is 79.8 cm³/mol. The zero-order valence-electron chi connectivity index (χ0n) is 10.7. The van der Waals surface area contributed by atoms with Gasteiger partial charge in [-0.25, -0.2) is 4.98 Å². The lowest BCUT2D eigenvalue weighted by molar-refractivity contribution is 0.584. The van der Waals surface area contributed by atoms with Crippen LogP contribution in [-0.2, 0) is 0 Å². The molecule has 0 fully saturated rings. The molecule has 1 N–H and O–H groups in total. The van der Waals surface area contributed by atoms with Crippen LogP contribution in [0.1, 0.15) is 0 Å². The molecule has 2 aromatic heterocycles. The highest BCUT2D eigenvalue weighted by molar-refractivity contribution is 6.30. The van der Waals surface area contributed by atoms with Crippen molar-refractivity contribution in [2.24, 2.45) is 0 Å². The van der Waals surface area contributed by atoms with Crippen LogP contribution in [0.2, 0.25) is 5.02 Å². The normalized spacial score (nSPS) is 11.1. The maximum Gasteiger partial charge on any atom is 0.248 e. The van der Waals surface area contributed by atoms with Gasteiger partial charge in [0.15, 0.2) is 0 Å². The fourth-order valence-corrected chi connectivity index (χ4v) is 2.24. The summed E-state index contributed by atoms with van der Waals surface area (Å²) in [5.41, 5.74) is 3.51. The molecule has 0 saturated heterocycles. The number of fused-ring (bicyclic) bond motifs is 1. The number of hydrogen-bond donors (Lipinski definition) is 1. The molecule has 0 radical (unpaired) electrons. The Hall–Kier alpha value is -2.66. The molecule has 0 saturated carbocycles. The minimum absolute atomic E-state index is 0.464. The van der Waals surface area contributed by atoms with Gasteiger partial charge >= 0.3 is 0 Å². The van der Waals surface area contributed by atoms with Gasteiger partial charge in [0.05, 0.1) is 17.4 Å². The van der Waals surface area contributed by atoms with Crippen LogP contribution in [0.5, 0.6) is 0 Å². The van der Waals surface area contributed by atoms with E-state index in [0.717, 1.165) is 22.2 Å². The highest BCUT2D eigenvalue weighted by Gasteiger charge is 2.11. The van der Waals surface area contributed by atoms with Crippen LogP contribution in [0.15, 0.2) is 53.2 Å². The van der Waals surface area contributed by atoms with E-state index in [9.17, 15) is 0 Å². The molecule has 21 heavy (non-hydrogen) atoms. The van der Waals surface area contributed by atoms with E-state index in [1.165, 1.54) is 0 Å². The second-order valence-corrected chi connectivity index (χ2v) is 4.99. The van der Waals surface area contributed by atoms with Crippen molar-refractivity contribution in [3.05, 3.63) is 53.8 Å². The van der Waals surface area contributed by atoms with Gasteiger partial charge in [0.2, 0.25) is 11.8 Å². The van der Waals surface area contributed by atoms with Crippen LogP contribution < -0.4 is 0 Å². The Morgan fingerprint density at radius 2 is 1.62 bits per heavy atom. The molecule has 2 aromatic carbocycles. The summed E-state index contributed by atoms with van der Waals surface area (Å²) in [6.45, 7) is 0. The second-order valence-electron chi connectivity index (χ2n) is 4.55. The van der Waals surface area contributed by atoms with E-state index in [1.807, 2.05) is 30.3 Å². The summed E-state index contributed by atoms with van der Waals surface area (Å²) >= 11 is 5.87. The first kappa shape index (κ1) is 12.1. The number of nitrogens with one attached hydrogen (secondary N) is 1. The van der Waals surface area contributed by atoms with Gasteiger partial charge in [-0.1, -0.05) is 11.6 Å². The Labute approximate surface area is 124 Å². The molecule has 5 nitrogen and oxygen atoms in total. The third-order valence-electron chi connectivity index (χ3n) is 3.18. The maximum absolute atomic E-state index is 5.87. The van der Waals surface area contributed by atoms with E-state index in [2.05, 4.69) is 20.2 Å². The van der Waals surface area contributed by atoms with Gasteiger partial charge in [-0.15, -0.1) is 10.2 Å². The molecule has 102 valence electrons. The Morgan fingerprint density at radius 1 is 0.905 bits per heavy atom. The number of halogens is 1. The van der Waals surface area contributed by atoms with Crippen LogP contribution in [0, 0.1) is 0 Å². The number of aromatic nitrogens is 4. The average Bonchev–Trinajstić information content (AvgIpc) is 3.16. The quantitative estimate of drug-likeness (QED) is 0.608. The molecule has 0 unspecified atom stereocenters. The number of nitrogens with zero attached hydrogens (tertiary/aromatic N) is 3. The van der Waals surface area contributed by atoms with Crippen molar-refractivity contribution in [3.63, 3.8) is 0 Å². The molecule has 0 aliphatic carbocycles. The van der Waals surface area contributed by atoms with Gasteiger partial charge in [-0.2, -0.15) is 0 Å². The third kappa shape index (κ3) is 2.17. The number of rotatable bonds is 2. The molecule has 0 amide bonds. The van der Waals surface area contributed by atoms with E-state index >= 15 is 0 Å². The van der Waals surface area contributed by atoms with E-state index < -0.39 is 0 Å². The topological polar surface area (TPSA) is 67.6 Å². The van der Waals surface area contributed by atoms with Crippen LogP contribution in [-0.4, -0.2) is 20.2 Å². The molecule has 0 atom stereocenters. The summed E-state index contributed by atoms with van der Waals surface area (Å²) in [4.78, 5) is 7.24. The van der Waals surface area contributed by atoms with Crippen LogP contribution in [0.3, 0.4) is 0 Å².